The number of hydrogen-bond donors (Lipinski definition) is 3. The van der Waals surface area contributed by atoms with Gasteiger partial charge in [0.05, 0.1) is 5.41 Å². The van der Waals surface area contributed by atoms with Gasteiger partial charge in [-0.2, -0.15) is 0 Å². The molecule has 1 fully saturated rings. The Morgan fingerprint density at radius 1 is 1.36 bits per heavy atom. The molecule has 1 aromatic rings. The van der Waals surface area contributed by atoms with Gasteiger partial charge in [0.1, 0.15) is 5.60 Å². The third-order valence-electron chi connectivity index (χ3n) is 6.00. The summed E-state index contributed by atoms with van der Waals surface area (Å²) in [4.78, 5) is 12.5. The summed E-state index contributed by atoms with van der Waals surface area (Å²) < 4.78 is 5.90. The molecule has 2 bridgehead atoms. The summed E-state index contributed by atoms with van der Waals surface area (Å²) in [5, 5.41) is 25.1. The lowest BCUT2D eigenvalue weighted by atomic mass is 9.51. The highest BCUT2D eigenvalue weighted by molar-refractivity contribution is 5.98. The predicted octanol–water partition coefficient (Wildman–Crippen LogP) is 0.427. The minimum absolute atomic E-state index is 0.00607. The van der Waals surface area contributed by atoms with Crippen LogP contribution in [0.2, 0.25) is 0 Å². The highest BCUT2D eigenvalue weighted by Crippen LogP contribution is 2.62. The average molecular weight is 299 g/mol. The molecule has 0 saturated carbocycles. The average Bonchev–Trinajstić information content (AvgIpc) is 2.83. The lowest BCUT2D eigenvalue weighted by molar-refractivity contribution is -0.136. The molecular formula is C17H17NO4. The van der Waals surface area contributed by atoms with Crippen molar-refractivity contribution in [2.45, 2.75) is 30.0 Å². The zero-order valence-electron chi connectivity index (χ0n) is 12.0. The SMILES string of the molecule is O=C1C=C[C@@]2(O)[C@@H]3CNCC[C@@]24c2c(ccc(O)c2OC14)C3. The van der Waals surface area contributed by atoms with Crippen molar-refractivity contribution in [2.24, 2.45) is 5.92 Å². The zero-order valence-corrected chi connectivity index (χ0v) is 12.0. The molecule has 1 spiro atoms. The van der Waals surface area contributed by atoms with Crippen LogP contribution in [0.5, 0.6) is 11.5 Å². The summed E-state index contributed by atoms with van der Waals surface area (Å²) in [7, 11) is 0. The molecule has 22 heavy (non-hydrogen) atoms. The van der Waals surface area contributed by atoms with Crippen molar-refractivity contribution in [1.82, 2.24) is 5.32 Å². The van der Waals surface area contributed by atoms with E-state index >= 15 is 0 Å². The van der Waals surface area contributed by atoms with Crippen molar-refractivity contribution >= 4 is 5.78 Å². The molecule has 5 nitrogen and oxygen atoms in total. The molecule has 0 radical (unpaired) electrons. The van der Waals surface area contributed by atoms with Crippen LogP contribution in [-0.4, -0.2) is 40.8 Å². The molecule has 0 aromatic heterocycles. The van der Waals surface area contributed by atoms with E-state index in [4.69, 9.17) is 4.74 Å². The maximum Gasteiger partial charge on any atom is 0.196 e. The van der Waals surface area contributed by atoms with Gasteiger partial charge in [-0.15, -0.1) is 0 Å². The molecule has 1 aromatic carbocycles. The first kappa shape index (κ1) is 12.7. The van der Waals surface area contributed by atoms with Crippen LogP contribution in [0.25, 0.3) is 0 Å². The van der Waals surface area contributed by atoms with E-state index in [9.17, 15) is 15.0 Å². The van der Waals surface area contributed by atoms with E-state index in [1.165, 1.54) is 6.08 Å². The molecular weight excluding hydrogens is 282 g/mol. The van der Waals surface area contributed by atoms with Crippen molar-refractivity contribution in [3.8, 4) is 11.5 Å². The van der Waals surface area contributed by atoms with Gasteiger partial charge in [-0.05, 0) is 43.2 Å². The van der Waals surface area contributed by atoms with Crippen LogP contribution in [0.1, 0.15) is 17.5 Å². The van der Waals surface area contributed by atoms with Crippen LogP contribution >= 0.6 is 0 Å². The van der Waals surface area contributed by atoms with Gasteiger partial charge in [0.25, 0.3) is 0 Å². The van der Waals surface area contributed by atoms with Crippen molar-refractivity contribution < 1.29 is 19.7 Å². The fourth-order valence-corrected chi connectivity index (χ4v) is 5.06. The third-order valence-corrected chi connectivity index (χ3v) is 6.00. The standard InChI is InChI=1S/C17H17NO4/c19-11-2-1-9-7-10-8-18-6-5-16-13(9)14(11)22-15(16)12(20)3-4-17(10,16)21/h1-4,10,15,18-19,21H,5-8H2/t10-,15?,16-,17+/m0/s1. The van der Waals surface area contributed by atoms with Crippen molar-refractivity contribution in [2.75, 3.05) is 13.1 Å². The van der Waals surface area contributed by atoms with Gasteiger partial charge >= 0.3 is 0 Å². The Kier molecular flexibility index (Phi) is 2.15. The van der Waals surface area contributed by atoms with E-state index in [2.05, 4.69) is 5.32 Å². The topological polar surface area (TPSA) is 78.8 Å². The van der Waals surface area contributed by atoms with Crippen molar-refractivity contribution in [3.05, 3.63) is 35.4 Å². The second-order valence-electron chi connectivity index (χ2n) is 6.83. The lowest BCUT2D eigenvalue weighted by Crippen LogP contribution is -2.66. The van der Waals surface area contributed by atoms with Crippen LogP contribution in [0.4, 0.5) is 0 Å². The van der Waals surface area contributed by atoms with Gasteiger partial charge in [-0.25, -0.2) is 0 Å². The Morgan fingerprint density at radius 3 is 3.09 bits per heavy atom. The van der Waals surface area contributed by atoms with E-state index in [0.717, 1.165) is 11.1 Å². The Hall–Kier alpha value is -1.85. The second-order valence-corrected chi connectivity index (χ2v) is 6.83. The first-order valence-corrected chi connectivity index (χ1v) is 7.76. The molecule has 4 aliphatic rings. The smallest absolute Gasteiger partial charge is 0.196 e. The maximum atomic E-state index is 12.5. The number of aliphatic hydroxyl groups is 1. The number of hydrogen-bond acceptors (Lipinski definition) is 5. The Bertz CT molecular complexity index is 742. The predicted molar refractivity (Wildman–Crippen MR) is 78.0 cm³/mol. The quantitative estimate of drug-likeness (QED) is 0.647. The first-order valence-electron chi connectivity index (χ1n) is 7.76. The molecule has 4 atom stereocenters. The number of ether oxygens (including phenoxy) is 1. The number of ketones is 1. The lowest BCUT2D eigenvalue weighted by Gasteiger charge is -2.53. The summed E-state index contributed by atoms with van der Waals surface area (Å²) in [6, 6.07) is 3.53. The van der Waals surface area contributed by atoms with Gasteiger partial charge in [0, 0.05) is 18.0 Å². The van der Waals surface area contributed by atoms with E-state index in [-0.39, 0.29) is 17.5 Å². The minimum atomic E-state index is -1.11. The molecule has 0 amide bonds. The summed E-state index contributed by atoms with van der Waals surface area (Å²) >= 11 is 0. The number of aromatic hydroxyl groups is 1. The normalized spacial score (nSPS) is 40.9. The number of phenolic OH excluding ortho intramolecular Hbond substituents is 1. The number of rotatable bonds is 0. The van der Waals surface area contributed by atoms with Crippen LogP contribution in [-0.2, 0) is 16.6 Å². The van der Waals surface area contributed by atoms with E-state index in [0.29, 0.717) is 31.7 Å². The number of carbonyl (C=O) groups is 1. The molecule has 3 N–H and O–H groups in total. The molecule has 2 aliphatic carbocycles. The number of phenols is 1. The fourth-order valence-electron chi connectivity index (χ4n) is 5.06. The Labute approximate surface area is 127 Å². The Balaban J connectivity index is 1.92. The number of nitrogens with one attached hydrogen (secondary N) is 1. The van der Waals surface area contributed by atoms with Gasteiger partial charge in [-0.1, -0.05) is 6.07 Å². The molecule has 5 rings (SSSR count). The molecule has 2 heterocycles. The van der Waals surface area contributed by atoms with Gasteiger partial charge < -0.3 is 20.3 Å². The zero-order chi connectivity index (χ0) is 15.1. The van der Waals surface area contributed by atoms with Crippen LogP contribution in [0, 0.1) is 5.92 Å². The monoisotopic (exact) mass is 299 g/mol. The summed E-state index contributed by atoms with van der Waals surface area (Å²) in [6.45, 7) is 1.42. The van der Waals surface area contributed by atoms with Crippen LogP contribution in [0.15, 0.2) is 24.3 Å². The summed E-state index contributed by atoms with van der Waals surface area (Å²) in [5.74, 6) is 0.300. The molecule has 2 aliphatic heterocycles. The molecule has 114 valence electrons. The van der Waals surface area contributed by atoms with Crippen molar-refractivity contribution in [3.63, 3.8) is 0 Å². The highest BCUT2D eigenvalue weighted by atomic mass is 16.5. The summed E-state index contributed by atoms with van der Waals surface area (Å²) in [6.07, 6.45) is 3.71. The fraction of sp³-hybridized carbons (Fsp3) is 0.471. The van der Waals surface area contributed by atoms with Gasteiger partial charge in [-0.3, -0.25) is 4.79 Å². The van der Waals surface area contributed by atoms with Crippen LogP contribution in [0.3, 0.4) is 0 Å². The number of carbonyl (C=O) groups excluding carboxylic acids is 1. The van der Waals surface area contributed by atoms with E-state index in [1.807, 2.05) is 6.07 Å². The van der Waals surface area contributed by atoms with Gasteiger partial charge in [0.15, 0.2) is 23.4 Å². The Morgan fingerprint density at radius 2 is 2.23 bits per heavy atom. The first-order chi connectivity index (χ1) is 10.6. The van der Waals surface area contributed by atoms with E-state index < -0.39 is 17.1 Å². The number of benzene rings is 1. The van der Waals surface area contributed by atoms with Gasteiger partial charge in [0.2, 0.25) is 0 Å². The molecule has 1 unspecified atom stereocenters. The molecule has 1 saturated heterocycles. The second kappa shape index (κ2) is 3.73. The minimum Gasteiger partial charge on any atom is -0.504 e. The molecule has 5 heteroatoms. The largest absolute Gasteiger partial charge is 0.504 e. The van der Waals surface area contributed by atoms with E-state index in [1.54, 1.807) is 12.1 Å². The van der Waals surface area contributed by atoms with Crippen LogP contribution < -0.4 is 10.1 Å². The third kappa shape index (κ3) is 1.15. The van der Waals surface area contributed by atoms with Crippen molar-refractivity contribution in [1.29, 1.82) is 0 Å². The highest BCUT2D eigenvalue weighted by Gasteiger charge is 2.69. The maximum absolute atomic E-state index is 12.5. The summed E-state index contributed by atoms with van der Waals surface area (Å²) in [5.41, 5.74) is 0.0323.